The normalized spacial score (nSPS) is 13.4. The van der Waals surface area contributed by atoms with Crippen molar-refractivity contribution in [3.05, 3.63) is 163 Å². The Labute approximate surface area is 278 Å². The van der Waals surface area contributed by atoms with E-state index in [-0.39, 0.29) is 5.41 Å². The van der Waals surface area contributed by atoms with Crippen LogP contribution in [0.4, 0.5) is 17.1 Å². The molecule has 1 aliphatic rings. The maximum absolute atomic E-state index is 6.64. The molecule has 0 atom stereocenters. The lowest BCUT2D eigenvalue weighted by Gasteiger charge is -2.28. The van der Waals surface area contributed by atoms with Gasteiger partial charge in [0.05, 0.1) is 11.1 Å². The van der Waals surface area contributed by atoms with Gasteiger partial charge in [0, 0.05) is 32.9 Å². The Kier molecular flexibility index (Phi) is 5.63. The molecular weight excluding hydrogens is 587 g/mol. The fourth-order valence-electron chi connectivity index (χ4n) is 7.91. The summed E-state index contributed by atoms with van der Waals surface area (Å²) in [6.07, 6.45) is 0. The van der Waals surface area contributed by atoms with E-state index in [1.165, 1.54) is 27.8 Å². The zero-order valence-electron chi connectivity index (χ0n) is 26.7. The average Bonchev–Trinajstić information content (AvgIpc) is 3.75. The minimum absolute atomic E-state index is 0.105. The third kappa shape index (κ3) is 3.88. The molecule has 228 valence electrons. The Morgan fingerprint density at radius 1 is 0.438 bits per heavy atom. The third-order valence-corrected chi connectivity index (χ3v) is 10.3. The molecule has 0 unspecified atom stereocenters. The minimum Gasteiger partial charge on any atom is -0.456 e. The first-order chi connectivity index (χ1) is 23.5. The molecule has 0 N–H and O–H groups in total. The maximum Gasteiger partial charge on any atom is 0.137 e. The Balaban J connectivity index is 1.19. The summed E-state index contributed by atoms with van der Waals surface area (Å²) in [5, 5.41) is 4.23. The molecule has 0 saturated heterocycles. The summed E-state index contributed by atoms with van der Waals surface area (Å²) in [7, 11) is 0. The monoisotopic (exact) mass is 617 g/mol. The van der Waals surface area contributed by atoms with Crippen molar-refractivity contribution in [1.82, 2.24) is 0 Å². The highest BCUT2D eigenvalue weighted by Crippen LogP contribution is 2.51. The lowest BCUT2D eigenvalue weighted by Crippen LogP contribution is -2.16. The van der Waals surface area contributed by atoms with Gasteiger partial charge in [0.25, 0.3) is 0 Å². The van der Waals surface area contributed by atoms with Crippen molar-refractivity contribution in [3.8, 4) is 22.3 Å². The summed E-state index contributed by atoms with van der Waals surface area (Å²) in [4.78, 5) is 2.37. The molecule has 3 heteroatoms. The van der Waals surface area contributed by atoms with Crippen LogP contribution >= 0.6 is 0 Å². The lowest BCUT2D eigenvalue weighted by atomic mass is 9.82. The molecule has 0 radical (unpaired) electrons. The topological polar surface area (TPSA) is 29.5 Å². The van der Waals surface area contributed by atoms with Crippen molar-refractivity contribution >= 4 is 60.9 Å². The molecule has 10 rings (SSSR count). The highest BCUT2D eigenvalue weighted by molar-refractivity contribution is 6.19. The van der Waals surface area contributed by atoms with Gasteiger partial charge in [0.2, 0.25) is 0 Å². The summed E-state index contributed by atoms with van der Waals surface area (Å²) in [6.45, 7) is 4.67. The Bertz CT molecular complexity index is 2700. The molecule has 0 aliphatic heterocycles. The van der Waals surface area contributed by atoms with Crippen molar-refractivity contribution < 1.29 is 8.83 Å². The fourth-order valence-corrected chi connectivity index (χ4v) is 7.91. The number of anilines is 3. The van der Waals surface area contributed by atoms with Crippen molar-refractivity contribution in [3.63, 3.8) is 0 Å². The van der Waals surface area contributed by atoms with Crippen LogP contribution in [0.25, 0.3) is 66.1 Å². The quantitative estimate of drug-likeness (QED) is 0.197. The van der Waals surface area contributed by atoms with E-state index < -0.39 is 0 Å². The SMILES string of the molecule is CC1(C)c2ccccc2-c2ccc(N(c3ccccc3)c3cccc4oc5cc6c(cc5c34)oc3ccc(-c4ccccc4)cc36)cc21. The van der Waals surface area contributed by atoms with Crippen LogP contribution in [0.2, 0.25) is 0 Å². The van der Waals surface area contributed by atoms with Crippen LogP contribution in [0.1, 0.15) is 25.0 Å². The van der Waals surface area contributed by atoms with E-state index in [1.807, 2.05) is 6.07 Å². The second-order valence-corrected chi connectivity index (χ2v) is 13.3. The standard InChI is InChI=1S/C45H31NO2/c1-45(2)37-17-10-9-16-32(37)33-22-21-31(25-38(33)45)46(30-14-7-4-8-15-30)39-18-11-19-41-44(39)36-27-42-35(26-43(36)48-41)34-24-29(20-23-40(34)47-42)28-12-5-3-6-13-28/h3-27H,1-2H3. The summed E-state index contributed by atoms with van der Waals surface area (Å²) in [5.74, 6) is 0. The van der Waals surface area contributed by atoms with Crippen LogP contribution in [0.3, 0.4) is 0 Å². The number of fused-ring (bicyclic) bond motifs is 9. The van der Waals surface area contributed by atoms with Gasteiger partial charge in [0.15, 0.2) is 0 Å². The highest BCUT2D eigenvalue weighted by Gasteiger charge is 2.36. The molecule has 0 fully saturated rings. The number of furan rings is 2. The molecule has 0 saturated carbocycles. The van der Waals surface area contributed by atoms with E-state index >= 15 is 0 Å². The predicted molar refractivity (Wildman–Crippen MR) is 199 cm³/mol. The molecule has 7 aromatic carbocycles. The third-order valence-electron chi connectivity index (χ3n) is 10.3. The zero-order valence-corrected chi connectivity index (χ0v) is 26.7. The van der Waals surface area contributed by atoms with Gasteiger partial charge in [-0.25, -0.2) is 0 Å². The van der Waals surface area contributed by atoms with E-state index in [0.717, 1.165) is 66.5 Å². The average molecular weight is 618 g/mol. The van der Waals surface area contributed by atoms with Crippen molar-refractivity contribution in [2.24, 2.45) is 0 Å². The molecular formula is C45H31NO2. The predicted octanol–water partition coefficient (Wildman–Crippen LogP) is 12.9. The van der Waals surface area contributed by atoms with Crippen molar-refractivity contribution in [2.75, 3.05) is 4.90 Å². The van der Waals surface area contributed by atoms with Crippen LogP contribution in [0, 0.1) is 0 Å². The van der Waals surface area contributed by atoms with Gasteiger partial charge in [-0.3, -0.25) is 0 Å². The van der Waals surface area contributed by atoms with E-state index in [9.17, 15) is 0 Å². The van der Waals surface area contributed by atoms with E-state index in [0.29, 0.717) is 0 Å². The molecule has 3 nitrogen and oxygen atoms in total. The van der Waals surface area contributed by atoms with Crippen LogP contribution in [0.15, 0.2) is 160 Å². The maximum atomic E-state index is 6.64. The molecule has 9 aromatic rings. The molecule has 1 aliphatic carbocycles. The van der Waals surface area contributed by atoms with E-state index in [1.54, 1.807) is 0 Å². The van der Waals surface area contributed by atoms with Gasteiger partial charge in [-0.15, -0.1) is 0 Å². The number of benzene rings is 7. The van der Waals surface area contributed by atoms with E-state index in [2.05, 4.69) is 164 Å². The first-order valence-electron chi connectivity index (χ1n) is 16.5. The largest absolute Gasteiger partial charge is 0.456 e. The summed E-state index contributed by atoms with van der Waals surface area (Å²) in [5.41, 5.74) is 14.3. The summed E-state index contributed by atoms with van der Waals surface area (Å²) in [6, 6.07) is 53.9. The van der Waals surface area contributed by atoms with Crippen LogP contribution < -0.4 is 4.90 Å². The summed E-state index contributed by atoms with van der Waals surface area (Å²) < 4.78 is 13.1. The first-order valence-corrected chi connectivity index (χ1v) is 16.5. The smallest absolute Gasteiger partial charge is 0.137 e. The molecule has 2 heterocycles. The second kappa shape index (κ2) is 9.97. The summed E-state index contributed by atoms with van der Waals surface area (Å²) >= 11 is 0. The fraction of sp³-hybridized carbons (Fsp3) is 0.0667. The Morgan fingerprint density at radius 3 is 1.98 bits per heavy atom. The Hall–Kier alpha value is -6.06. The van der Waals surface area contributed by atoms with Gasteiger partial charge >= 0.3 is 0 Å². The van der Waals surface area contributed by atoms with Crippen molar-refractivity contribution in [2.45, 2.75) is 19.3 Å². The molecule has 48 heavy (non-hydrogen) atoms. The van der Waals surface area contributed by atoms with Crippen LogP contribution in [0.5, 0.6) is 0 Å². The number of hydrogen-bond donors (Lipinski definition) is 0. The number of nitrogens with zero attached hydrogens (tertiary/aromatic N) is 1. The van der Waals surface area contributed by atoms with Gasteiger partial charge in [-0.1, -0.05) is 105 Å². The number of rotatable bonds is 4. The Morgan fingerprint density at radius 2 is 1.12 bits per heavy atom. The van der Waals surface area contributed by atoms with Gasteiger partial charge in [0.1, 0.15) is 22.3 Å². The molecule has 2 aromatic heterocycles. The lowest BCUT2D eigenvalue weighted by molar-refractivity contribution is 0.660. The van der Waals surface area contributed by atoms with Crippen LogP contribution in [-0.2, 0) is 5.41 Å². The zero-order chi connectivity index (χ0) is 32.0. The number of hydrogen-bond acceptors (Lipinski definition) is 3. The molecule has 0 spiro atoms. The second-order valence-electron chi connectivity index (χ2n) is 13.3. The van der Waals surface area contributed by atoms with Gasteiger partial charge in [-0.2, -0.15) is 0 Å². The molecule has 0 amide bonds. The van der Waals surface area contributed by atoms with Gasteiger partial charge in [-0.05, 0) is 94.0 Å². The highest BCUT2D eigenvalue weighted by atomic mass is 16.3. The minimum atomic E-state index is -0.105. The first kappa shape index (κ1) is 27.1. The number of para-hydroxylation sites is 1. The van der Waals surface area contributed by atoms with Crippen molar-refractivity contribution in [1.29, 1.82) is 0 Å². The van der Waals surface area contributed by atoms with E-state index in [4.69, 9.17) is 8.83 Å². The molecule has 0 bridgehead atoms. The van der Waals surface area contributed by atoms with Crippen LogP contribution in [-0.4, -0.2) is 0 Å². The van der Waals surface area contributed by atoms with Gasteiger partial charge < -0.3 is 13.7 Å².